The van der Waals surface area contributed by atoms with Crippen molar-refractivity contribution in [1.29, 1.82) is 0 Å². The van der Waals surface area contributed by atoms with E-state index in [1.807, 2.05) is 11.3 Å². The molecule has 0 aliphatic carbocycles. The van der Waals surface area contributed by atoms with Gasteiger partial charge in [0.05, 0.1) is 10.2 Å². The second-order valence-corrected chi connectivity index (χ2v) is 14.5. The first kappa shape index (κ1) is 28.2. The average molecular weight is 661 g/mol. The van der Waals surface area contributed by atoms with E-state index in [4.69, 9.17) is 4.98 Å². The van der Waals surface area contributed by atoms with Gasteiger partial charge in [0.25, 0.3) is 0 Å². The van der Waals surface area contributed by atoms with Crippen LogP contribution < -0.4 is 4.90 Å². The van der Waals surface area contributed by atoms with Gasteiger partial charge in [-0.15, -0.1) is 22.7 Å². The molecular formula is C45H28N2S2. The average Bonchev–Trinajstić information content (AvgIpc) is 3.77. The molecule has 2 heterocycles. The van der Waals surface area contributed by atoms with Crippen LogP contribution in [0.2, 0.25) is 0 Å². The van der Waals surface area contributed by atoms with E-state index in [1.165, 1.54) is 57.5 Å². The maximum Gasteiger partial charge on any atom is 0.124 e. The zero-order chi connectivity index (χ0) is 32.3. The molecule has 0 saturated carbocycles. The number of hydrogen-bond donors (Lipinski definition) is 0. The lowest BCUT2D eigenvalue weighted by atomic mass is 9.99. The summed E-state index contributed by atoms with van der Waals surface area (Å²) in [6.45, 7) is 0. The van der Waals surface area contributed by atoms with Gasteiger partial charge in [-0.3, -0.25) is 0 Å². The Morgan fingerprint density at radius 1 is 0.388 bits per heavy atom. The number of nitrogens with zero attached hydrogens (tertiary/aromatic N) is 2. The Balaban J connectivity index is 1.11. The van der Waals surface area contributed by atoms with Crippen molar-refractivity contribution in [2.75, 3.05) is 4.90 Å². The van der Waals surface area contributed by atoms with Crippen molar-refractivity contribution in [2.24, 2.45) is 0 Å². The van der Waals surface area contributed by atoms with E-state index in [9.17, 15) is 0 Å². The van der Waals surface area contributed by atoms with Gasteiger partial charge >= 0.3 is 0 Å². The van der Waals surface area contributed by atoms with Crippen LogP contribution in [0, 0.1) is 0 Å². The number of para-hydroxylation sites is 1. The third-order valence-corrected chi connectivity index (χ3v) is 11.7. The van der Waals surface area contributed by atoms with Crippen molar-refractivity contribution in [3.63, 3.8) is 0 Å². The molecule has 0 amide bonds. The Morgan fingerprint density at radius 2 is 1.06 bits per heavy atom. The Hall–Kier alpha value is -5.81. The van der Waals surface area contributed by atoms with Crippen LogP contribution in [0.5, 0.6) is 0 Å². The van der Waals surface area contributed by atoms with Crippen LogP contribution in [-0.2, 0) is 0 Å². The summed E-state index contributed by atoms with van der Waals surface area (Å²) in [5, 5.41) is 8.54. The number of aromatic nitrogens is 1. The van der Waals surface area contributed by atoms with Crippen LogP contribution >= 0.6 is 22.7 Å². The van der Waals surface area contributed by atoms with Gasteiger partial charge < -0.3 is 4.90 Å². The van der Waals surface area contributed by atoms with Gasteiger partial charge in [0.1, 0.15) is 5.01 Å². The SMILES string of the molecule is c1ccc(-c2nc3c(ccc4ccc5cc(N(c6ccccc6)c6cccc(-c7ccc8c(c7)sc7ccccc78)c6)ccc5c43)s2)cc1. The Bertz CT molecular complexity index is 2830. The molecule has 0 aliphatic heterocycles. The van der Waals surface area contributed by atoms with E-state index < -0.39 is 0 Å². The second kappa shape index (κ2) is 11.4. The van der Waals surface area contributed by atoms with Crippen LogP contribution in [0.4, 0.5) is 17.1 Å². The maximum absolute atomic E-state index is 5.19. The molecule has 49 heavy (non-hydrogen) atoms. The zero-order valence-electron chi connectivity index (χ0n) is 26.4. The molecule has 0 spiro atoms. The molecule has 0 aliphatic rings. The van der Waals surface area contributed by atoms with E-state index in [2.05, 4.69) is 175 Å². The van der Waals surface area contributed by atoms with Crippen molar-refractivity contribution < 1.29 is 0 Å². The van der Waals surface area contributed by atoms with E-state index in [-0.39, 0.29) is 0 Å². The Morgan fingerprint density at radius 3 is 1.96 bits per heavy atom. The van der Waals surface area contributed by atoms with E-state index >= 15 is 0 Å². The highest BCUT2D eigenvalue weighted by Crippen LogP contribution is 2.42. The molecule has 10 aromatic rings. The van der Waals surface area contributed by atoms with Crippen LogP contribution in [0.25, 0.3) is 73.6 Å². The Labute approximate surface area is 291 Å². The minimum Gasteiger partial charge on any atom is -0.310 e. The summed E-state index contributed by atoms with van der Waals surface area (Å²) >= 11 is 3.62. The van der Waals surface area contributed by atoms with Crippen LogP contribution in [0.15, 0.2) is 170 Å². The number of hydrogen-bond acceptors (Lipinski definition) is 4. The third-order valence-electron chi connectivity index (χ3n) is 9.45. The maximum atomic E-state index is 5.19. The monoisotopic (exact) mass is 660 g/mol. The quantitative estimate of drug-likeness (QED) is 0.171. The summed E-state index contributed by atoms with van der Waals surface area (Å²) in [5.74, 6) is 0. The molecule has 0 atom stereocenters. The number of benzene rings is 8. The lowest BCUT2D eigenvalue weighted by Crippen LogP contribution is -2.09. The molecule has 0 bridgehead atoms. The fourth-order valence-corrected chi connectivity index (χ4v) is 9.25. The summed E-state index contributed by atoms with van der Waals surface area (Å²) in [4.78, 5) is 7.56. The van der Waals surface area contributed by atoms with Crippen molar-refractivity contribution in [2.45, 2.75) is 0 Å². The number of rotatable bonds is 5. The number of anilines is 3. The first-order valence-corrected chi connectivity index (χ1v) is 18.1. The second-order valence-electron chi connectivity index (χ2n) is 12.4. The van der Waals surface area contributed by atoms with E-state index in [1.54, 1.807) is 11.3 Å². The lowest BCUT2D eigenvalue weighted by molar-refractivity contribution is 1.29. The smallest absolute Gasteiger partial charge is 0.124 e. The summed E-state index contributed by atoms with van der Waals surface area (Å²) in [6, 6.07) is 61.4. The van der Waals surface area contributed by atoms with Crippen LogP contribution in [0.3, 0.4) is 0 Å². The summed E-state index contributed by atoms with van der Waals surface area (Å²) in [7, 11) is 0. The molecule has 0 radical (unpaired) electrons. The largest absolute Gasteiger partial charge is 0.310 e. The molecule has 0 fully saturated rings. The van der Waals surface area contributed by atoms with Crippen molar-refractivity contribution >= 4 is 91.7 Å². The van der Waals surface area contributed by atoms with E-state index in [0.717, 1.165) is 33.1 Å². The van der Waals surface area contributed by atoms with Crippen LogP contribution in [0.1, 0.15) is 0 Å². The normalized spacial score (nSPS) is 11.7. The number of fused-ring (bicyclic) bond motifs is 8. The molecule has 8 aromatic carbocycles. The van der Waals surface area contributed by atoms with E-state index in [0.29, 0.717) is 0 Å². The summed E-state index contributed by atoms with van der Waals surface area (Å²) in [5.41, 5.74) is 8.01. The van der Waals surface area contributed by atoms with Gasteiger partial charge in [0.15, 0.2) is 0 Å². The van der Waals surface area contributed by atoms with Gasteiger partial charge in [-0.05, 0) is 81.9 Å². The molecular weight excluding hydrogens is 633 g/mol. The van der Waals surface area contributed by atoms with Crippen molar-refractivity contribution in [3.05, 3.63) is 170 Å². The topological polar surface area (TPSA) is 16.1 Å². The zero-order valence-corrected chi connectivity index (χ0v) is 28.0. The van der Waals surface area contributed by atoms with Gasteiger partial charge in [-0.25, -0.2) is 4.98 Å². The Kier molecular flexibility index (Phi) is 6.57. The minimum atomic E-state index is 1.05. The highest BCUT2D eigenvalue weighted by molar-refractivity contribution is 7.25. The van der Waals surface area contributed by atoms with Gasteiger partial charge in [-0.2, -0.15) is 0 Å². The molecule has 4 heteroatoms. The van der Waals surface area contributed by atoms with Crippen LogP contribution in [-0.4, -0.2) is 4.98 Å². The summed E-state index contributed by atoms with van der Waals surface area (Å²) < 4.78 is 3.85. The van der Waals surface area contributed by atoms with Crippen molar-refractivity contribution in [1.82, 2.24) is 4.98 Å². The highest BCUT2D eigenvalue weighted by atomic mass is 32.1. The first-order chi connectivity index (χ1) is 24.3. The lowest BCUT2D eigenvalue weighted by Gasteiger charge is -2.26. The standard InChI is InChI=1S/C45H28N2S2/c1-3-10-30(11-4-1)45-46-44-41(49-45)25-21-29-18-19-33-27-36(22-24-37(33)43(29)44)47(34-13-5-2-6-14-34)35-15-9-12-31(26-35)32-20-23-39-38-16-7-8-17-40(38)48-42(39)28-32/h1-28H. The first-order valence-electron chi connectivity index (χ1n) is 16.5. The fourth-order valence-electron chi connectivity index (χ4n) is 7.12. The van der Waals surface area contributed by atoms with Gasteiger partial charge in [0, 0.05) is 48.2 Å². The van der Waals surface area contributed by atoms with Gasteiger partial charge in [0.2, 0.25) is 0 Å². The molecule has 0 N–H and O–H groups in total. The number of thiophene rings is 1. The summed E-state index contributed by atoms with van der Waals surface area (Å²) in [6.07, 6.45) is 0. The third kappa shape index (κ3) is 4.80. The molecule has 0 saturated heterocycles. The highest BCUT2D eigenvalue weighted by Gasteiger charge is 2.17. The molecule has 10 rings (SSSR count). The van der Waals surface area contributed by atoms with Crippen molar-refractivity contribution in [3.8, 4) is 21.7 Å². The fraction of sp³-hybridized carbons (Fsp3) is 0. The predicted molar refractivity (Wildman–Crippen MR) is 213 cm³/mol. The number of thiazole rings is 1. The molecule has 2 aromatic heterocycles. The molecule has 230 valence electrons. The molecule has 2 nitrogen and oxygen atoms in total. The minimum absolute atomic E-state index is 1.05. The molecule has 0 unspecified atom stereocenters. The van der Waals surface area contributed by atoms with Gasteiger partial charge in [-0.1, -0.05) is 115 Å². The predicted octanol–water partition coefficient (Wildman–Crippen LogP) is 13.8.